The van der Waals surface area contributed by atoms with Crippen LogP contribution in [0.15, 0.2) is 6.33 Å². The Balaban J connectivity index is 1.85. The summed E-state index contributed by atoms with van der Waals surface area (Å²) in [5.41, 5.74) is 0. The van der Waals surface area contributed by atoms with Gasteiger partial charge >= 0.3 is 0 Å². The number of hydrogen-bond donors (Lipinski definition) is 1. The molecule has 0 radical (unpaired) electrons. The van der Waals surface area contributed by atoms with E-state index in [9.17, 15) is 0 Å². The molecular weight excluding hydrogens is 248 g/mol. The molecule has 1 saturated carbocycles. The number of rotatable bonds is 5. The Labute approximate surface area is 114 Å². The SMILES string of the molecule is CC(C)n1ncnc1CNC1CCCC(CCl)C1. The Morgan fingerprint density at radius 1 is 1.50 bits per heavy atom. The normalized spacial score (nSPS) is 24.7. The van der Waals surface area contributed by atoms with Crippen LogP contribution >= 0.6 is 11.6 Å². The first-order chi connectivity index (χ1) is 8.70. The summed E-state index contributed by atoms with van der Waals surface area (Å²) in [6.07, 6.45) is 6.65. The van der Waals surface area contributed by atoms with Gasteiger partial charge in [0.05, 0.1) is 6.54 Å². The fraction of sp³-hybridized carbons (Fsp3) is 0.846. The van der Waals surface area contributed by atoms with Gasteiger partial charge in [-0.1, -0.05) is 6.42 Å². The fourth-order valence-electron chi connectivity index (χ4n) is 2.68. The average Bonchev–Trinajstić information content (AvgIpc) is 2.85. The summed E-state index contributed by atoms with van der Waals surface area (Å²) >= 11 is 5.96. The minimum Gasteiger partial charge on any atom is -0.307 e. The van der Waals surface area contributed by atoms with E-state index in [0.717, 1.165) is 18.2 Å². The van der Waals surface area contributed by atoms with E-state index in [2.05, 4.69) is 29.2 Å². The molecule has 0 aromatic carbocycles. The minimum atomic E-state index is 0.367. The molecule has 1 aromatic heterocycles. The van der Waals surface area contributed by atoms with Gasteiger partial charge in [-0.15, -0.1) is 11.6 Å². The zero-order valence-corrected chi connectivity index (χ0v) is 12.0. The molecule has 2 rings (SSSR count). The quantitative estimate of drug-likeness (QED) is 0.837. The van der Waals surface area contributed by atoms with Gasteiger partial charge in [0, 0.05) is 18.0 Å². The summed E-state index contributed by atoms with van der Waals surface area (Å²) in [4.78, 5) is 4.32. The summed E-state index contributed by atoms with van der Waals surface area (Å²) in [5, 5.41) is 7.86. The highest BCUT2D eigenvalue weighted by atomic mass is 35.5. The number of alkyl halides is 1. The maximum atomic E-state index is 5.96. The van der Waals surface area contributed by atoms with Crippen molar-refractivity contribution in [2.75, 3.05) is 5.88 Å². The molecule has 0 aliphatic heterocycles. The lowest BCUT2D eigenvalue weighted by molar-refractivity contribution is 0.299. The zero-order valence-electron chi connectivity index (χ0n) is 11.3. The minimum absolute atomic E-state index is 0.367. The summed E-state index contributed by atoms with van der Waals surface area (Å²) in [6, 6.07) is 0.950. The van der Waals surface area contributed by atoms with Gasteiger partial charge in [0.25, 0.3) is 0 Å². The maximum absolute atomic E-state index is 5.96. The first-order valence-corrected chi connectivity index (χ1v) is 7.42. The van der Waals surface area contributed by atoms with Crippen molar-refractivity contribution in [2.24, 2.45) is 5.92 Å². The third kappa shape index (κ3) is 3.45. The Bertz CT molecular complexity index is 364. The van der Waals surface area contributed by atoms with E-state index in [1.807, 2.05) is 4.68 Å². The highest BCUT2D eigenvalue weighted by Crippen LogP contribution is 2.25. The first kappa shape index (κ1) is 13.8. The van der Waals surface area contributed by atoms with Gasteiger partial charge < -0.3 is 5.32 Å². The Kier molecular flexibility index (Phi) is 5.01. The highest BCUT2D eigenvalue weighted by molar-refractivity contribution is 6.18. The van der Waals surface area contributed by atoms with E-state index in [1.54, 1.807) is 6.33 Å². The van der Waals surface area contributed by atoms with Gasteiger partial charge in [0.15, 0.2) is 0 Å². The van der Waals surface area contributed by atoms with Crippen LogP contribution in [0.25, 0.3) is 0 Å². The molecule has 5 heteroatoms. The fourth-order valence-corrected chi connectivity index (χ4v) is 2.96. The third-order valence-electron chi connectivity index (χ3n) is 3.69. The van der Waals surface area contributed by atoms with Gasteiger partial charge in [-0.3, -0.25) is 0 Å². The van der Waals surface area contributed by atoms with Gasteiger partial charge in [0.1, 0.15) is 12.2 Å². The lowest BCUT2D eigenvalue weighted by Gasteiger charge is -2.28. The summed E-state index contributed by atoms with van der Waals surface area (Å²) in [5.74, 6) is 2.50. The molecule has 0 spiro atoms. The number of nitrogens with zero attached hydrogens (tertiary/aromatic N) is 3. The van der Waals surface area contributed by atoms with Crippen LogP contribution in [0.1, 0.15) is 51.4 Å². The van der Waals surface area contributed by atoms with Gasteiger partial charge in [0.2, 0.25) is 0 Å². The Morgan fingerprint density at radius 3 is 3.06 bits per heavy atom. The molecule has 18 heavy (non-hydrogen) atoms. The van der Waals surface area contributed by atoms with Crippen LogP contribution in [-0.4, -0.2) is 26.7 Å². The molecule has 1 aliphatic rings. The van der Waals surface area contributed by atoms with Gasteiger partial charge in [-0.05, 0) is 39.0 Å². The summed E-state index contributed by atoms with van der Waals surface area (Å²) in [6.45, 7) is 5.06. The van der Waals surface area contributed by atoms with E-state index >= 15 is 0 Å². The monoisotopic (exact) mass is 270 g/mol. The standard InChI is InChI=1S/C13H23ClN4/c1-10(2)18-13(16-9-17-18)8-15-12-5-3-4-11(6-12)7-14/h9-12,15H,3-8H2,1-2H3. The molecule has 1 fully saturated rings. The molecule has 0 saturated heterocycles. The second-order valence-corrected chi connectivity index (χ2v) is 5.79. The van der Waals surface area contributed by atoms with Gasteiger partial charge in [-0.2, -0.15) is 5.10 Å². The number of halogens is 1. The van der Waals surface area contributed by atoms with E-state index in [1.165, 1.54) is 25.7 Å². The Morgan fingerprint density at radius 2 is 2.33 bits per heavy atom. The lowest BCUT2D eigenvalue weighted by Crippen LogP contribution is -2.35. The molecule has 0 bridgehead atoms. The summed E-state index contributed by atoms with van der Waals surface area (Å²) < 4.78 is 1.98. The van der Waals surface area contributed by atoms with Crippen molar-refractivity contribution in [3.05, 3.63) is 12.2 Å². The Hall–Kier alpha value is -0.610. The molecule has 1 N–H and O–H groups in total. The average molecular weight is 271 g/mol. The molecule has 1 aliphatic carbocycles. The number of nitrogens with one attached hydrogen (secondary N) is 1. The molecule has 2 unspecified atom stereocenters. The first-order valence-electron chi connectivity index (χ1n) is 6.88. The van der Waals surface area contributed by atoms with E-state index in [4.69, 9.17) is 11.6 Å². The number of hydrogen-bond acceptors (Lipinski definition) is 3. The van der Waals surface area contributed by atoms with E-state index in [0.29, 0.717) is 18.0 Å². The molecular formula is C13H23ClN4. The van der Waals surface area contributed by atoms with Crippen LogP contribution in [0.5, 0.6) is 0 Å². The van der Waals surface area contributed by atoms with Crippen molar-refractivity contribution in [3.63, 3.8) is 0 Å². The third-order valence-corrected chi connectivity index (χ3v) is 4.12. The zero-order chi connectivity index (χ0) is 13.0. The second kappa shape index (κ2) is 6.53. The van der Waals surface area contributed by atoms with Crippen molar-refractivity contribution in [3.8, 4) is 0 Å². The van der Waals surface area contributed by atoms with Crippen molar-refractivity contribution in [1.82, 2.24) is 20.1 Å². The predicted molar refractivity (Wildman–Crippen MR) is 73.7 cm³/mol. The maximum Gasteiger partial charge on any atom is 0.141 e. The van der Waals surface area contributed by atoms with Crippen molar-refractivity contribution >= 4 is 11.6 Å². The highest BCUT2D eigenvalue weighted by Gasteiger charge is 2.21. The van der Waals surface area contributed by atoms with Crippen LogP contribution in [0.4, 0.5) is 0 Å². The molecule has 1 aromatic rings. The topological polar surface area (TPSA) is 42.7 Å². The van der Waals surface area contributed by atoms with Crippen LogP contribution in [0, 0.1) is 5.92 Å². The van der Waals surface area contributed by atoms with Crippen LogP contribution in [-0.2, 0) is 6.54 Å². The molecule has 0 amide bonds. The molecule has 102 valence electrons. The van der Waals surface area contributed by atoms with Crippen LogP contribution in [0.2, 0.25) is 0 Å². The number of aromatic nitrogens is 3. The van der Waals surface area contributed by atoms with Crippen molar-refractivity contribution in [2.45, 2.75) is 58.2 Å². The lowest BCUT2D eigenvalue weighted by atomic mass is 9.87. The van der Waals surface area contributed by atoms with Crippen LogP contribution in [0.3, 0.4) is 0 Å². The van der Waals surface area contributed by atoms with E-state index < -0.39 is 0 Å². The smallest absolute Gasteiger partial charge is 0.141 e. The second-order valence-electron chi connectivity index (χ2n) is 5.48. The van der Waals surface area contributed by atoms with Crippen LogP contribution < -0.4 is 5.32 Å². The molecule has 4 nitrogen and oxygen atoms in total. The molecule has 1 heterocycles. The van der Waals surface area contributed by atoms with Crippen molar-refractivity contribution < 1.29 is 0 Å². The van der Waals surface area contributed by atoms with Gasteiger partial charge in [-0.25, -0.2) is 9.67 Å². The van der Waals surface area contributed by atoms with Crippen molar-refractivity contribution in [1.29, 1.82) is 0 Å². The predicted octanol–water partition coefficient (Wildman–Crippen LogP) is 2.75. The largest absolute Gasteiger partial charge is 0.307 e. The summed E-state index contributed by atoms with van der Waals surface area (Å²) in [7, 11) is 0. The van der Waals surface area contributed by atoms with E-state index in [-0.39, 0.29) is 0 Å². The molecule has 2 atom stereocenters.